The summed E-state index contributed by atoms with van der Waals surface area (Å²) in [6.45, 7) is 0. The Morgan fingerprint density at radius 3 is 2.75 bits per heavy atom. The minimum atomic E-state index is 0.560. The van der Waals surface area contributed by atoms with Crippen molar-refractivity contribution in [2.75, 3.05) is 19.5 Å². The van der Waals surface area contributed by atoms with Crippen LogP contribution < -0.4 is 10.1 Å². The summed E-state index contributed by atoms with van der Waals surface area (Å²) < 4.78 is 4.98. The van der Waals surface area contributed by atoms with E-state index in [1.165, 1.54) is 0 Å². The Hall–Kier alpha value is -1.51. The third-order valence-electron chi connectivity index (χ3n) is 1.65. The number of ether oxygens (including phenoxy) is 1. The van der Waals surface area contributed by atoms with Crippen LogP contribution in [0.3, 0.4) is 0 Å². The van der Waals surface area contributed by atoms with E-state index in [4.69, 9.17) is 4.74 Å². The fourth-order valence-corrected chi connectivity index (χ4v) is 0.982. The van der Waals surface area contributed by atoms with Gasteiger partial charge in [0.2, 0.25) is 0 Å². The zero-order valence-electron chi connectivity index (χ0n) is 7.13. The van der Waals surface area contributed by atoms with E-state index in [2.05, 4.69) is 5.32 Å². The van der Waals surface area contributed by atoms with Crippen LogP contribution in [0.2, 0.25) is 0 Å². The summed E-state index contributed by atoms with van der Waals surface area (Å²) in [6, 6.07) is 5.35. The first-order chi connectivity index (χ1) is 5.81. The van der Waals surface area contributed by atoms with Gasteiger partial charge in [0.05, 0.1) is 12.7 Å². The van der Waals surface area contributed by atoms with Crippen LogP contribution in [0.1, 0.15) is 10.4 Å². The van der Waals surface area contributed by atoms with Crippen LogP contribution in [0, 0.1) is 0 Å². The van der Waals surface area contributed by atoms with Gasteiger partial charge in [0.15, 0.2) is 6.29 Å². The summed E-state index contributed by atoms with van der Waals surface area (Å²) in [5, 5.41) is 2.94. The Morgan fingerprint density at radius 1 is 1.50 bits per heavy atom. The monoisotopic (exact) mass is 165 g/mol. The van der Waals surface area contributed by atoms with Gasteiger partial charge < -0.3 is 10.1 Å². The molecule has 0 fully saturated rings. The summed E-state index contributed by atoms with van der Waals surface area (Å²) in [7, 11) is 3.35. The van der Waals surface area contributed by atoms with Crippen LogP contribution >= 0.6 is 0 Å². The maximum absolute atomic E-state index is 10.5. The van der Waals surface area contributed by atoms with Gasteiger partial charge in [-0.15, -0.1) is 0 Å². The van der Waals surface area contributed by atoms with Crippen molar-refractivity contribution in [2.24, 2.45) is 0 Å². The minimum Gasteiger partial charge on any atom is -0.496 e. The number of carbonyl (C=O) groups is 1. The van der Waals surface area contributed by atoms with Gasteiger partial charge in [0.1, 0.15) is 5.75 Å². The number of aldehydes is 1. The number of benzene rings is 1. The Kier molecular flexibility index (Phi) is 2.69. The van der Waals surface area contributed by atoms with Gasteiger partial charge in [-0.25, -0.2) is 0 Å². The van der Waals surface area contributed by atoms with Gasteiger partial charge in [-0.05, 0) is 18.2 Å². The van der Waals surface area contributed by atoms with Crippen LogP contribution in [-0.4, -0.2) is 20.4 Å². The summed E-state index contributed by atoms with van der Waals surface area (Å²) in [6.07, 6.45) is 0.777. The van der Waals surface area contributed by atoms with Crippen LogP contribution in [0.4, 0.5) is 5.69 Å². The van der Waals surface area contributed by atoms with E-state index in [-0.39, 0.29) is 0 Å². The van der Waals surface area contributed by atoms with Gasteiger partial charge >= 0.3 is 0 Å². The molecule has 0 saturated carbocycles. The Labute approximate surface area is 71.4 Å². The van der Waals surface area contributed by atoms with Gasteiger partial charge in [0.25, 0.3) is 0 Å². The fraction of sp³-hybridized carbons (Fsp3) is 0.222. The van der Waals surface area contributed by atoms with Crippen LogP contribution in [-0.2, 0) is 0 Å². The van der Waals surface area contributed by atoms with Crippen molar-refractivity contribution in [1.29, 1.82) is 0 Å². The Morgan fingerprint density at radius 2 is 2.25 bits per heavy atom. The lowest BCUT2D eigenvalue weighted by molar-refractivity contribution is 0.112. The third-order valence-corrected chi connectivity index (χ3v) is 1.65. The second-order valence-electron chi connectivity index (χ2n) is 2.32. The molecule has 0 bridgehead atoms. The predicted octanol–water partition coefficient (Wildman–Crippen LogP) is 1.55. The van der Waals surface area contributed by atoms with Crippen molar-refractivity contribution in [3.05, 3.63) is 23.8 Å². The summed E-state index contributed by atoms with van der Waals surface area (Å²) >= 11 is 0. The highest BCUT2D eigenvalue weighted by atomic mass is 16.5. The maximum atomic E-state index is 10.5. The number of hydrogen-bond acceptors (Lipinski definition) is 3. The molecule has 3 nitrogen and oxygen atoms in total. The molecule has 0 aliphatic carbocycles. The standard InChI is InChI=1S/C9H11NO2/c1-10-8-3-4-9(12-2)7(5-8)6-11/h3-6,10H,1-2H3. The number of hydrogen-bond donors (Lipinski definition) is 1. The molecule has 0 atom stereocenters. The minimum absolute atomic E-state index is 0.560. The SMILES string of the molecule is CNc1ccc(OC)c(C=O)c1. The molecule has 0 aliphatic heterocycles. The van der Waals surface area contributed by atoms with Gasteiger partial charge in [-0.2, -0.15) is 0 Å². The molecule has 64 valence electrons. The normalized spacial score (nSPS) is 9.17. The first kappa shape index (κ1) is 8.59. The van der Waals surface area contributed by atoms with E-state index in [1.54, 1.807) is 26.3 Å². The summed E-state index contributed by atoms with van der Waals surface area (Å²) in [5.41, 5.74) is 1.46. The molecule has 0 unspecified atom stereocenters. The Balaban J connectivity index is 3.10. The predicted molar refractivity (Wildman–Crippen MR) is 47.9 cm³/mol. The Bertz CT molecular complexity index is 284. The quantitative estimate of drug-likeness (QED) is 0.690. The highest BCUT2D eigenvalue weighted by Crippen LogP contribution is 2.20. The van der Waals surface area contributed by atoms with Gasteiger partial charge in [0, 0.05) is 12.7 Å². The topological polar surface area (TPSA) is 38.3 Å². The molecule has 12 heavy (non-hydrogen) atoms. The molecular formula is C9H11NO2. The van der Waals surface area contributed by atoms with Gasteiger partial charge in [-0.3, -0.25) is 4.79 Å². The highest BCUT2D eigenvalue weighted by Gasteiger charge is 2.01. The number of anilines is 1. The molecule has 1 N–H and O–H groups in total. The van der Waals surface area contributed by atoms with E-state index in [1.807, 2.05) is 6.07 Å². The summed E-state index contributed by atoms with van der Waals surface area (Å²) in [4.78, 5) is 10.5. The third kappa shape index (κ3) is 1.56. The van der Waals surface area contributed by atoms with Crippen LogP contribution in [0.25, 0.3) is 0 Å². The highest BCUT2D eigenvalue weighted by molar-refractivity contribution is 5.81. The number of nitrogens with one attached hydrogen (secondary N) is 1. The van der Waals surface area contributed by atoms with Gasteiger partial charge in [-0.1, -0.05) is 0 Å². The number of rotatable bonds is 3. The van der Waals surface area contributed by atoms with Crippen molar-refractivity contribution in [2.45, 2.75) is 0 Å². The number of methoxy groups -OCH3 is 1. The second kappa shape index (κ2) is 3.76. The molecule has 0 aliphatic rings. The first-order valence-electron chi connectivity index (χ1n) is 3.62. The fourth-order valence-electron chi connectivity index (χ4n) is 0.982. The molecule has 0 heterocycles. The van der Waals surface area contributed by atoms with Crippen LogP contribution in [0.15, 0.2) is 18.2 Å². The molecule has 0 aromatic heterocycles. The van der Waals surface area contributed by atoms with Crippen molar-refractivity contribution >= 4 is 12.0 Å². The maximum Gasteiger partial charge on any atom is 0.153 e. The molecule has 1 aromatic carbocycles. The van der Waals surface area contributed by atoms with Crippen molar-refractivity contribution in [3.8, 4) is 5.75 Å². The molecule has 0 amide bonds. The van der Waals surface area contributed by atoms with E-state index in [0.717, 1.165) is 12.0 Å². The molecule has 1 aromatic rings. The lowest BCUT2D eigenvalue weighted by Crippen LogP contribution is -1.93. The zero-order valence-corrected chi connectivity index (χ0v) is 7.13. The lowest BCUT2D eigenvalue weighted by atomic mass is 10.2. The molecular weight excluding hydrogens is 154 g/mol. The molecule has 0 saturated heterocycles. The average molecular weight is 165 g/mol. The lowest BCUT2D eigenvalue weighted by Gasteiger charge is -2.05. The smallest absolute Gasteiger partial charge is 0.153 e. The van der Waals surface area contributed by atoms with Crippen LogP contribution in [0.5, 0.6) is 5.75 Å². The van der Waals surface area contributed by atoms with E-state index in [9.17, 15) is 4.79 Å². The zero-order chi connectivity index (χ0) is 8.97. The average Bonchev–Trinajstić information content (AvgIpc) is 2.16. The second-order valence-corrected chi connectivity index (χ2v) is 2.32. The van der Waals surface area contributed by atoms with E-state index in [0.29, 0.717) is 11.3 Å². The van der Waals surface area contributed by atoms with Crippen molar-refractivity contribution in [1.82, 2.24) is 0 Å². The largest absolute Gasteiger partial charge is 0.496 e. The van der Waals surface area contributed by atoms with Crippen molar-refractivity contribution in [3.63, 3.8) is 0 Å². The van der Waals surface area contributed by atoms with Crippen molar-refractivity contribution < 1.29 is 9.53 Å². The van der Waals surface area contributed by atoms with E-state index >= 15 is 0 Å². The molecule has 0 spiro atoms. The molecule has 1 rings (SSSR count). The van der Waals surface area contributed by atoms with E-state index < -0.39 is 0 Å². The molecule has 0 radical (unpaired) electrons. The number of carbonyl (C=O) groups excluding carboxylic acids is 1. The first-order valence-corrected chi connectivity index (χ1v) is 3.62. The molecule has 3 heteroatoms. The summed E-state index contributed by atoms with van der Waals surface area (Å²) in [5.74, 6) is 0.601.